The van der Waals surface area contributed by atoms with E-state index in [-0.39, 0.29) is 12.1 Å². The highest BCUT2D eigenvalue weighted by atomic mass is 16.3. The van der Waals surface area contributed by atoms with Crippen LogP contribution >= 0.6 is 0 Å². The Labute approximate surface area is 68.0 Å². The van der Waals surface area contributed by atoms with Gasteiger partial charge in [0, 0.05) is 12.1 Å². The molecule has 3 heteroatoms. The lowest BCUT2D eigenvalue weighted by Crippen LogP contribution is -2.54. The Balaban J connectivity index is 2.56. The maximum absolute atomic E-state index is 9.83. The summed E-state index contributed by atoms with van der Waals surface area (Å²) in [6.45, 7) is 1.88. The van der Waals surface area contributed by atoms with Crippen LogP contribution < -0.4 is 11.1 Å². The molecule has 0 heterocycles. The van der Waals surface area contributed by atoms with Gasteiger partial charge in [-0.2, -0.15) is 0 Å². The summed E-state index contributed by atoms with van der Waals surface area (Å²) in [5.41, 5.74) is 5.21. The summed E-state index contributed by atoms with van der Waals surface area (Å²) in [5, 5.41) is 12.9. The van der Waals surface area contributed by atoms with Gasteiger partial charge in [0.15, 0.2) is 0 Å². The summed E-state index contributed by atoms with van der Waals surface area (Å²) >= 11 is 0. The lowest BCUT2D eigenvalue weighted by atomic mass is 9.79. The lowest BCUT2D eigenvalue weighted by molar-refractivity contribution is -0.0119. The standard InChI is InChI=1S/C8H18N2O/c1-8(11)4-3-6(9)5-7(8)10-2/h6-7,10-11H,3-5,9H2,1-2H3/t6-,7?,8?/m0/s1. The third-order valence-corrected chi connectivity index (χ3v) is 2.66. The fourth-order valence-corrected chi connectivity index (χ4v) is 1.76. The largest absolute Gasteiger partial charge is 0.389 e. The molecule has 1 saturated carbocycles. The van der Waals surface area contributed by atoms with Gasteiger partial charge in [0.05, 0.1) is 5.60 Å². The highest BCUT2D eigenvalue weighted by molar-refractivity contribution is 4.94. The van der Waals surface area contributed by atoms with Crippen molar-refractivity contribution in [2.45, 2.75) is 43.9 Å². The van der Waals surface area contributed by atoms with Crippen molar-refractivity contribution in [3.05, 3.63) is 0 Å². The zero-order chi connectivity index (χ0) is 8.48. The number of hydrogen-bond acceptors (Lipinski definition) is 3. The molecule has 66 valence electrons. The number of aliphatic hydroxyl groups is 1. The first-order chi connectivity index (χ1) is 5.06. The van der Waals surface area contributed by atoms with Crippen LogP contribution in [0.25, 0.3) is 0 Å². The van der Waals surface area contributed by atoms with Crippen molar-refractivity contribution in [3.8, 4) is 0 Å². The summed E-state index contributed by atoms with van der Waals surface area (Å²) in [6, 6.07) is 0.416. The Morgan fingerprint density at radius 2 is 2.27 bits per heavy atom. The van der Waals surface area contributed by atoms with Crippen molar-refractivity contribution < 1.29 is 5.11 Å². The number of hydrogen-bond donors (Lipinski definition) is 3. The van der Waals surface area contributed by atoms with Gasteiger partial charge in [0.2, 0.25) is 0 Å². The Hall–Kier alpha value is -0.120. The number of rotatable bonds is 1. The van der Waals surface area contributed by atoms with E-state index in [1.165, 1.54) is 0 Å². The van der Waals surface area contributed by atoms with E-state index in [1.54, 1.807) is 0 Å². The molecule has 4 N–H and O–H groups in total. The maximum atomic E-state index is 9.83. The Kier molecular flexibility index (Phi) is 2.52. The molecule has 3 atom stereocenters. The van der Waals surface area contributed by atoms with E-state index in [2.05, 4.69) is 5.32 Å². The van der Waals surface area contributed by atoms with Crippen LogP contribution in [0.2, 0.25) is 0 Å². The van der Waals surface area contributed by atoms with Gasteiger partial charge in [-0.15, -0.1) is 0 Å². The molecule has 3 nitrogen and oxygen atoms in total. The molecule has 11 heavy (non-hydrogen) atoms. The molecule has 0 amide bonds. The van der Waals surface area contributed by atoms with E-state index >= 15 is 0 Å². The third kappa shape index (κ3) is 1.92. The van der Waals surface area contributed by atoms with Crippen LogP contribution in [0.1, 0.15) is 26.2 Å². The fourth-order valence-electron chi connectivity index (χ4n) is 1.76. The molecule has 0 aromatic carbocycles. The van der Waals surface area contributed by atoms with Crippen LogP contribution in [0.15, 0.2) is 0 Å². The van der Waals surface area contributed by atoms with Gasteiger partial charge in [0.1, 0.15) is 0 Å². The Morgan fingerprint density at radius 1 is 1.64 bits per heavy atom. The van der Waals surface area contributed by atoms with E-state index in [0.717, 1.165) is 19.3 Å². The van der Waals surface area contributed by atoms with E-state index < -0.39 is 5.60 Å². The first kappa shape index (κ1) is 8.97. The normalized spacial score (nSPS) is 45.8. The summed E-state index contributed by atoms with van der Waals surface area (Å²) in [5.74, 6) is 0. The molecule has 2 unspecified atom stereocenters. The molecule has 0 radical (unpaired) electrons. The molecule has 0 spiro atoms. The third-order valence-electron chi connectivity index (χ3n) is 2.66. The van der Waals surface area contributed by atoms with E-state index in [0.29, 0.717) is 0 Å². The predicted molar refractivity (Wildman–Crippen MR) is 45.3 cm³/mol. The average molecular weight is 158 g/mol. The second kappa shape index (κ2) is 3.09. The smallest absolute Gasteiger partial charge is 0.0773 e. The minimum absolute atomic E-state index is 0.159. The minimum atomic E-state index is -0.565. The molecule has 0 aromatic rings. The SMILES string of the molecule is CNC1C[C@@H](N)CCC1(C)O. The van der Waals surface area contributed by atoms with E-state index in [9.17, 15) is 5.11 Å². The van der Waals surface area contributed by atoms with Gasteiger partial charge in [-0.3, -0.25) is 0 Å². The van der Waals surface area contributed by atoms with Crippen molar-refractivity contribution in [2.75, 3.05) is 7.05 Å². The van der Waals surface area contributed by atoms with Crippen molar-refractivity contribution in [1.29, 1.82) is 0 Å². The van der Waals surface area contributed by atoms with Crippen molar-refractivity contribution >= 4 is 0 Å². The second-order valence-electron chi connectivity index (χ2n) is 3.73. The van der Waals surface area contributed by atoms with E-state index in [4.69, 9.17) is 5.73 Å². The number of nitrogens with one attached hydrogen (secondary N) is 1. The van der Waals surface area contributed by atoms with Crippen molar-refractivity contribution in [3.63, 3.8) is 0 Å². The van der Waals surface area contributed by atoms with Gasteiger partial charge in [-0.1, -0.05) is 0 Å². The first-order valence-electron chi connectivity index (χ1n) is 4.21. The highest BCUT2D eigenvalue weighted by Gasteiger charge is 2.35. The first-order valence-corrected chi connectivity index (χ1v) is 4.21. The van der Waals surface area contributed by atoms with Crippen molar-refractivity contribution in [1.82, 2.24) is 5.32 Å². The van der Waals surface area contributed by atoms with Crippen LogP contribution in [0.3, 0.4) is 0 Å². The summed E-state index contributed by atoms with van der Waals surface area (Å²) in [7, 11) is 1.87. The summed E-state index contributed by atoms with van der Waals surface area (Å²) in [4.78, 5) is 0. The maximum Gasteiger partial charge on any atom is 0.0773 e. The number of nitrogens with two attached hydrogens (primary N) is 1. The van der Waals surface area contributed by atoms with Gasteiger partial charge in [-0.05, 0) is 33.2 Å². The molecule has 0 bridgehead atoms. The molecule has 1 rings (SSSR count). The highest BCUT2D eigenvalue weighted by Crippen LogP contribution is 2.26. The van der Waals surface area contributed by atoms with Crippen LogP contribution in [-0.2, 0) is 0 Å². The van der Waals surface area contributed by atoms with Crippen LogP contribution in [0.5, 0.6) is 0 Å². The Bertz CT molecular complexity index is 136. The zero-order valence-electron chi connectivity index (χ0n) is 7.30. The van der Waals surface area contributed by atoms with Gasteiger partial charge >= 0.3 is 0 Å². The Morgan fingerprint density at radius 3 is 2.73 bits per heavy atom. The van der Waals surface area contributed by atoms with Crippen molar-refractivity contribution in [2.24, 2.45) is 5.73 Å². The zero-order valence-corrected chi connectivity index (χ0v) is 7.30. The molecular weight excluding hydrogens is 140 g/mol. The van der Waals surface area contributed by atoms with Gasteiger partial charge in [0.25, 0.3) is 0 Å². The quantitative estimate of drug-likeness (QED) is 0.497. The molecule has 0 aromatic heterocycles. The van der Waals surface area contributed by atoms with Crippen LogP contribution in [-0.4, -0.2) is 29.8 Å². The molecule has 1 aliphatic carbocycles. The predicted octanol–water partition coefficient (Wildman–Crippen LogP) is -0.163. The topological polar surface area (TPSA) is 58.3 Å². The molecule has 0 saturated heterocycles. The second-order valence-corrected chi connectivity index (χ2v) is 3.73. The van der Waals surface area contributed by atoms with Crippen LogP contribution in [0.4, 0.5) is 0 Å². The number of likely N-dealkylation sites (N-methyl/N-ethyl adjacent to an activating group) is 1. The van der Waals surface area contributed by atoms with Crippen LogP contribution in [0, 0.1) is 0 Å². The lowest BCUT2D eigenvalue weighted by Gasteiger charge is -2.39. The molecular formula is C8H18N2O. The molecule has 0 aliphatic heterocycles. The monoisotopic (exact) mass is 158 g/mol. The molecule has 1 aliphatic rings. The summed E-state index contributed by atoms with van der Waals surface area (Å²) < 4.78 is 0. The molecule has 1 fully saturated rings. The van der Waals surface area contributed by atoms with Gasteiger partial charge < -0.3 is 16.2 Å². The van der Waals surface area contributed by atoms with E-state index in [1.807, 2.05) is 14.0 Å². The fraction of sp³-hybridized carbons (Fsp3) is 1.00. The minimum Gasteiger partial charge on any atom is -0.389 e. The van der Waals surface area contributed by atoms with Gasteiger partial charge in [-0.25, -0.2) is 0 Å². The average Bonchev–Trinajstić information content (AvgIpc) is 1.94. The summed E-state index contributed by atoms with van der Waals surface area (Å²) in [6.07, 6.45) is 2.62.